The van der Waals surface area contributed by atoms with Crippen LogP contribution in [0.3, 0.4) is 0 Å². The van der Waals surface area contributed by atoms with E-state index in [4.69, 9.17) is 27.9 Å². The van der Waals surface area contributed by atoms with Crippen LogP contribution in [0.1, 0.15) is 24.3 Å². The van der Waals surface area contributed by atoms with Gasteiger partial charge in [0.05, 0.1) is 18.9 Å². The highest BCUT2D eigenvalue weighted by Gasteiger charge is 2.75. The van der Waals surface area contributed by atoms with E-state index < -0.39 is 51.1 Å². The molecular formula is C22H20Cl2N2O6. The van der Waals surface area contributed by atoms with E-state index in [9.17, 15) is 24.3 Å². The van der Waals surface area contributed by atoms with Crippen LogP contribution in [0.25, 0.3) is 0 Å². The zero-order chi connectivity index (χ0) is 23.2. The van der Waals surface area contributed by atoms with Gasteiger partial charge in [-0.3, -0.25) is 29.4 Å². The van der Waals surface area contributed by atoms with E-state index in [2.05, 4.69) is 5.32 Å². The van der Waals surface area contributed by atoms with Crippen molar-refractivity contribution in [2.75, 3.05) is 14.2 Å². The first-order chi connectivity index (χ1) is 15.1. The fourth-order valence-corrected chi connectivity index (χ4v) is 6.93. The molecular weight excluding hydrogens is 459 g/mol. The Balaban J connectivity index is 1.75. The monoisotopic (exact) mass is 478 g/mol. The van der Waals surface area contributed by atoms with E-state index >= 15 is 0 Å². The summed E-state index contributed by atoms with van der Waals surface area (Å²) in [6.45, 7) is 0. The van der Waals surface area contributed by atoms with Crippen LogP contribution in [0.4, 0.5) is 0 Å². The molecule has 168 valence electrons. The molecule has 2 N–H and O–H groups in total. The molecule has 8 nitrogen and oxygen atoms in total. The first-order valence-corrected chi connectivity index (χ1v) is 10.9. The Kier molecular flexibility index (Phi) is 4.46. The lowest BCUT2D eigenvalue weighted by atomic mass is 9.56. The van der Waals surface area contributed by atoms with Crippen molar-refractivity contribution < 1.29 is 29.0 Å². The zero-order valence-corrected chi connectivity index (χ0v) is 18.7. The van der Waals surface area contributed by atoms with E-state index in [1.54, 1.807) is 6.07 Å². The van der Waals surface area contributed by atoms with Gasteiger partial charge in [-0.15, -0.1) is 23.2 Å². The van der Waals surface area contributed by atoms with Gasteiger partial charge in [-0.25, -0.2) is 0 Å². The van der Waals surface area contributed by atoms with Gasteiger partial charge >= 0.3 is 0 Å². The molecule has 0 unspecified atom stereocenters. The second-order valence-corrected chi connectivity index (χ2v) is 10.0. The number of phenolic OH excluding ortho intramolecular Hbond substituents is 1. The highest BCUT2D eigenvalue weighted by Crippen LogP contribution is 2.65. The van der Waals surface area contributed by atoms with Gasteiger partial charge in [0.25, 0.3) is 11.8 Å². The summed E-state index contributed by atoms with van der Waals surface area (Å²) in [5, 5.41) is 12.8. The fraction of sp³-hybridized carbons (Fsp3) is 0.455. The number of carbonyl (C=O) groups is 4. The van der Waals surface area contributed by atoms with Crippen molar-refractivity contribution in [3.05, 3.63) is 35.4 Å². The number of nitrogens with one attached hydrogen (secondary N) is 1. The number of benzene rings is 1. The maximum absolute atomic E-state index is 13.3. The van der Waals surface area contributed by atoms with Crippen molar-refractivity contribution in [1.29, 1.82) is 0 Å². The second-order valence-electron chi connectivity index (χ2n) is 8.78. The number of carbonyl (C=O) groups excluding carboxylic acids is 4. The summed E-state index contributed by atoms with van der Waals surface area (Å²) in [5.74, 6) is -4.74. The summed E-state index contributed by atoms with van der Waals surface area (Å²) in [4.78, 5) is 48.7. The van der Waals surface area contributed by atoms with Gasteiger partial charge in [-0.1, -0.05) is 17.7 Å². The van der Waals surface area contributed by atoms with Crippen LogP contribution < -0.4 is 10.1 Å². The van der Waals surface area contributed by atoms with Gasteiger partial charge < -0.3 is 9.84 Å². The highest BCUT2D eigenvalue weighted by molar-refractivity contribution is 6.53. The third-order valence-corrected chi connectivity index (χ3v) is 8.81. The van der Waals surface area contributed by atoms with E-state index in [0.717, 1.165) is 4.90 Å². The number of phenols is 1. The van der Waals surface area contributed by atoms with Crippen LogP contribution in [0, 0.1) is 17.8 Å². The molecule has 6 atom stereocenters. The minimum absolute atomic E-state index is 0.0562. The molecule has 4 aliphatic rings. The molecule has 0 bridgehead atoms. The molecule has 5 rings (SSSR count). The molecule has 1 saturated carbocycles. The molecule has 32 heavy (non-hydrogen) atoms. The predicted molar refractivity (Wildman–Crippen MR) is 113 cm³/mol. The minimum atomic E-state index is -1.87. The van der Waals surface area contributed by atoms with Gasteiger partial charge in [-0.2, -0.15) is 0 Å². The van der Waals surface area contributed by atoms with E-state index in [1.807, 2.05) is 6.08 Å². The molecule has 3 fully saturated rings. The molecule has 0 radical (unpaired) electrons. The van der Waals surface area contributed by atoms with Crippen molar-refractivity contribution >= 4 is 46.8 Å². The second kappa shape index (κ2) is 6.71. The Morgan fingerprint density at radius 2 is 1.84 bits per heavy atom. The van der Waals surface area contributed by atoms with Crippen molar-refractivity contribution in [1.82, 2.24) is 10.2 Å². The third kappa shape index (κ3) is 2.39. The summed E-state index contributed by atoms with van der Waals surface area (Å²) in [5.41, 5.74) is 1.13. The van der Waals surface area contributed by atoms with Crippen molar-refractivity contribution in [2.24, 2.45) is 17.8 Å². The number of imide groups is 2. The smallest absolute Gasteiger partial charge is 0.253 e. The average molecular weight is 479 g/mol. The summed E-state index contributed by atoms with van der Waals surface area (Å²) < 4.78 is 5.12. The summed E-state index contributed by atoms with van der Waals surface area (Å²) in [6.07, 6.45) is 2.07. The SMILES string of the molecule is COc1ccc([C@H]2C3=CC[C@@H]4C(=O)NC(=O)[C@@H]4[C@@H]3C[C@@]3(Cl)C(=O)N(C)C(=O)[C@@]23Cl)cc1O. The van der Waals surface area contributed by atoms with Gasteiger partial charge in [0.15, 0.2) is 21.2 Å². The Bertz CT molecular complexity index is 1140. The Morgan fingerprint density at radius 3 is 2.50 bits per heavy atom. The standard InChI is InChI=1S/C22H20Cl2N2O6/c1-26-19(30)21(23)8-12-10(4-5-11-15(12)18(29)25-17(11)28)16(22(21,24)20(26)31)9-3-6-14(32-2)13(27)7-9/h3-4,6-7,11-12,15-16,27H,5,8H2,1-2H3,(H,25,28,29)/t11-,12+,15-,16-,21+,22-/m0/s1. The van der Waals surface area contributed by atoms with Gasteiger partial charge in [0, 0.05) is 13.0 Å². The number of allylic oxidation sites excluding steroid dienone is 2. The van der Waals surface area contributed by atoms with Crippen LogP contribution in [-0.2, 0) is 19.2 Å². The number of ether oxygens (including phenoxy) is 1. The quantitative estimate of drug-likeness (QED) is 0.379. The Labute approximate surface area is 193 Å². The normalized spacial score (nSPS) is 38.1. The van der Waals surface area contributed by atoms with Crippen molar-refractivity contribution in [2.45, 2.75) is 28.5 Å². The third-order valence-electron chi connectivity index (χ3n) is 7.39. The molecule has 0 spiro atoms. The van der Waals surface area contributed by atoms with Crippen LogP contribution >= 0.6 is 23.2 Å². The lowest BCUT2D eigenvalue weighted by Crippen LogP contribution is -2.60. The van der Waals surface area contributed by atoms with Gasteiger partial charge in [0.1, 0.15) is 0 Å². The first-order valence-electron chi connectivity index (χ1n) is 10.2. The molecule has 2 aliphatic carbocycles. The fourth-order valence-electron chi connectivity index (χ4n) is 5.92. The van der Waals surface area contributed by atoms with Crippen LogP contribution in [-0.4, -0.2) is 57.5 Å². The highest BCUT2D eigenvalue weighted by atomic mass is 35.5. The number of fused-ring (bicyclic) bond motifs is 4. The first kappa shape index (κ1) is 21.3. The molecule has 0 aromatic heterocycles. The zero-order valence-electron chi connectivity index (χ0n) is 17.2. The van der Waals surface area contributed by atoms with Crippen molar-refractivity contribution in [3.8, 4) is 11.5 Å². The number of methoxy groups -OCH3 is 1. The number of likely N-dealkylation sites (tertiary alicyclic amines) is 1. The number of hydrogen-bond acceptors (Lipinski definition) is 6. The van der Waals surface area contributed by atoms with E-state index in [-0.39, 0.29) is 23.8 Å². The molecule has 4 amide bonds. The predicted octanol–water partition coefficient (Wildman–Crippen LogP) is 1.68. The summed E-state index contributed by atoms with van der Waals surface area (Å²) in [7, 11) is 2.73. The lowest BCUT2D eigenvalue weighted by Gasteiger charge is -2.50. The number of aromatic hydroxyl groups is 1. The maximum Gasteiger partial charge on any atom is 0.253 e. The Hall–Kier alpha value is -2.58. The molecule has 2 aliphatic heterocycles. The maximum atomic E-state index is 13.3. The lowest BCUT2D eigenvalue weighted by molar-refractivity contribution is -0.138. The number of nitrogens with zero attached hydrogens (tertiary/aromatic N) is 1. The molecule has 10 heteroatoms. The van der Waals surface area contributed by atoms with Gasteiger partial charge in [0.2, 0.25) is 11.8 Å². The van der Waals surface area contributed by atoms with Crippen LogP contribution in [0.15, 0.2) is 29.8 Å². The van der Waals surface area contributed by atoms with Crippen LogP contribution in [0.5, 0.6) is 11.5 Å². The molecule has 2 saturated heterocycles. The van der Waals surface area contributed by atoms with E-state index in [0.29, 0.717) is 17.6 Å². The minimum Gasteiger partial charge on any atom is -0.504 e. The number of hydrogen-bond donors (Lipinski definition) is 2. The Morgan fingerprint density at radius 1 is 1.12 bits per heavy atom. The summed E-state index contributed by atoms with van der Waals surface area (Å²) >= 11 is 14.0. The van der Waals surface area contributed by atoms with Crippen LogP contribution in [0.2, 0.25) is 0 Å². The largest absolute Gasteiger partial charge is 0.504 e. The van der Waals surface area contributed by atoms with Crippen molar-refractivity contribution in [3.63, 3.8) is 0 Å². The summed E-state index contributed by atoms with van der Waals surface area (Å²) in [6, 6.07) is 4.61. The molecule has 1 aromatic rings. The number of rotatable bonds is 2. The average Bonchev–Trinajstić information content (AvgIpc) is 3.12. The molecule has 2 heterocycles. The number of amides is 4. The van der Waals surface area contributed by atoms with E-state index in [1.165, 1.54) is 26.3 Å². The van der Waals surface area contributed by atoms with Gasteiger partial charge in [-0.05, 0) is 36.5 Å². The topological polar surface area (TPSA) is 113 Å². The number of halogens is 2. The number of alkyl halides is 2. The molecule has 1 aromatic carbocycles.